The fourth-order valence-corrected chi connectivity index (χ4v) is 3.38. The molecule has 1 aromatic heterocycles. The zero-order valence-corrected chi connectivity index (χ0v) is 13.3. The highest BCUT2D eigenvalue weighted by molar-refractivity contribution is 5.41. The Kier molecular flexibility index (Phi) is 3.57. The molecule has 1 heterocycles. The number of hydrogen-bond donors (Lipinski definition) is 0. The molecule has 0 spiro atoms. The fourth-order valence-electron chi connectivity index (χ4n) is 3.38. The predicted octanol–water partition coefficient (Wildman–Crippen LogP) is 4.12. The van der Waals surface area contributed by atoms with Crippen LogP contribution < -0.4 is 0 Å². The van der Waals surface area contributed by atoms with Crippen LogP contribution in [0, 0.1) is 5.41 Å². The molecular weight excluding hydrogens is 270 g/mol. The van der Waals surface area contributed by atoms with Crippen molar-refractivity contribution in [1.29, 1.82) is 0 Å². The van der Waals surface area contributed by atoms with Crippen molar-refractivity contribution in [3.63, 3.8) is 0 Å². The Morgan fingerprint density at radius 3 is 1.64 bits per heavy atom. The molecule has 0 saturated carbocycles. The number of benzene rings is 2. The molecule has 3 heteroatoms. The SMILES string of the molecule is CC(C)(C)C(c1ccccc1)(c1ccccc1)n1cncn1. The Labute approximate surface area is 131 Å². The van der Waals surface area contributed by atoms with E-state index in [-0.39, 0.29) is 5.41 Å². The van der Waals surface area contributed by atoms with Gasteiger partial charge < -0.3 is 0 Å². The van der Waals surface area contributed by atoms with Crippen molar-refractivity contribution in [3.05, 3.63) is 84.4 Å². The molecule has 0 aliphatic carbocycles. The van der Waals surface area contributed by atoms with Gasteiger partial charge in [-0.2, -0.15) is 5.10 Å². The van der Waals surface area contributed by atoms with E-state index in [4.69, 9.17) is 0 Å². The monoisotopic (exact) mass is 291 g/mol. The molecule has 0 unspecified atom stereocenters. The molecule has 0 amide bonds. The highest BCUT2D eigenvalue weighted by Gasteiger charge is 2.47. The molecule has 0 aliphatic rings. The molecule has 0 bridgehead atoms. The maximum absolute atomic E-state index is 4.51. The lowest BCUT2D eigenvalue weighted by Crippen LogP contribution is -2.48. The molecule has 0 saturated heterocycles. The minimum absolute atomic E-state index is 0.0938. The third-order valence-electron chi connectivity index (χ3n) is 4.23. The van der Waals surface area contributed by atoms with Gasteiger partial charge in [-0.15, -0.1) is 0 Å². The van der Waals surface area contributed by atoms with Crippen molar-refractivity contribution in [2.75, 3.05) is 0 Å². The average Bonchev–Trinajstić information content (AvgIpc) is 3.03. The van der Waals surface area contributed by atoms with Gasteiger partial charge in [0.15, 0.2) is 0 Å². The summed E-state index contributed by atoms with van der Waals surface area (Å²) in [6.45, 7) is 6.73. The molecule has 0 radical (unpaired) electrons. The van der Waals surface area contributed by atoms with Crippen molar-refractivity contribution in [2.45, 2.75) is 26.3 Å². The molecule has 3 nitrogen and oxygen atoms in total. The van der Waals surface area contributed by atoms with E-state index < -0.39 is 5.54 Å². The topological polar surface area (TPSA) is 30.7 Å². The van der Waals surface area contributed by atoms with Gasteiger partial charge in [0.05, 0.1) is 0 Å². The van der Waals surface area contributed by atoms with Crippen molar-refractivity contribution in [1.82, 2.24) is 14.8 Å². The van der Waals surface area contributed by atoms with E-state index in [2.05, 4.69) is 79.4 Å². The molecule has 0 N–H and O–H groups in total. The van der Waals surface area contributed by atoms with Gasteiger partial charge in [0.1, 0.15) is 18.2 Å². The second kappa shape index (κ2) is 5.41. The summed E-state index contributed by atoms with van der Waals surface area (Å²) >= 11 is 0. The third kappa shape index (κ3) is 2.13. The van der Waals surface area contributed by atoms with Gasteiger partial charge in [0.2, 0.25) is 0 Å². The second-order valence-corrected chi connectivity index (χ2v) is 6.53. The Hall–Kier alpha value is -2.42. The van der Waals surface area contributed by atoms with Crippen molar-refractivity contribution >= 4 is 0 Å². The summed E-state index contributed by atoms with van der Waals surface area (Å²) in [5.74, 6) is 0. The molecule has 112 valence electrons. The van der Waals surface area contributed by atoms with Crippen LogP contribution in [-0.2, 0) is 5.54 Å². The van der Waals surface area contributed by atoms with E-state index in [0.29, 0.717) is 0 Å². The van der Waals surface area contributed by atoms with E-state index in [1.54, 1.807) is 6.33 Å². The first-order valence-electron chi connectivity index (χ1n) is 7.53. The van der Waals surface area contributed by atoms with Crippen LogP contribution in [-0.4, -0.2) is 14.8 Å². The van der Waals surface area contributed by atoms with Crippen molar-refractivity contribution < 1.29 is 0 Å². The van der Waals surface area contributed by atoms with Crippen LogP contribution in [0.4, 0.5) is 0 Å². The molecule has 3 rings (SSSR count). The standard InChI is InChI=1S/C19H21N3/c1-18(2,3)19(22-15-20-14-21-22,16-10-6-4-7-11-16)17-12-8-5-9-13-17/h4-15H,1-3H3. The number of hydrogen-bond acceptors (Lipinski definition) is 2. The first kappa shape index (κ1) is 14.5. The Morgan fingerprint density at radius 1 is 0.773 bits per heavy atom. The van der Waals surface area contributed by atoms with Crippen LogP contribution >= 0.6 is 0 Å². The number of aromatic nitrogens is 3. The Balaban J connectivity index is 2.39. The minimum Gasteiger partial charge on any atom is -0.237 e. The molecule has 0 aliphatic heterocycles. The molecule has 2 aromatic carbocycles. The summed E-state index contributed by atoms with van der Waals surface area (Å²) in [7, 11) is 0. The largest absolute Gasteiger partial charge is 0.237 e. The summed E-state index contributed by atoms with van der Waals surface area (Å²) in [5, 5.41) is 4.51. The van der Waals surface area contributed by atoms with Gasteiger partial charge in [0.25, 0.3) is 0 Å². The van der Waals surface area contributed by atoms with Gasteiger partial charge in [-0.1, -0.05) is 81.4 Å². The fraction of sp³-hybridized carbons (Fsp3) is 0.263. The van der Waals surface area contributed by atoms with Crippen LogP contribution in [0.3, 0.4) is 0 Å². The van der Waals surface area contributed by atoms with Gasteiger partial charge in [-0.3, -0.25) is 0 Å². The molecule has 22 heavy (non-hydrogen) atoms. The van der Waals surface area contributed by atoms with Crippen molar-refractivity contribution in [2.24, 2.45) is 5.41 Å². The lowest BCUT2D eigenvalue weighted by Gasteiger charge is -2.45. The normalized spacial score (nSPS) is 12.3. The molecular formula is C19H21N3. The summed E-state index contributed by atoms with van der Waals surface area (Å²) in [6, 6.07) is 21.1. The van der Waals surface area contributed by atoms with Gasteiger partial charge >= 0.3 is 0 Å². The molecule has 3 aromatic rings. The smallest absolute Gasteiger partial charge is 0.137 e. The molecule has 0 fully saturated rings. The van der Waals surface area contributed by atoms with Crippen LogP contribution in [0.2, 0.25) is 0 Å². The Bertz CT molecular complexity index is 671. The minimum atomic E-state index is -0.411. The van der Waals surface area contributed by atoms with Gasteiger partial charge in [0, 0.05) is 0 Å². The van der Waals surface area contributed by atoms with Crippen LogP contribution in [0.25, 0.3) is 0 Å². The zero-order valence-electron chi connectivity index (χ0n) is 13.3. The molecule has 0 atom stereocenters. The van der Waals surface area contributed by atoms with Crippen LogP contribution in [0.5, 0.6) is 0 Å². The number of nitrogens with zero attached hydrogens (tertiary/aromatic N) is 3. The summed E-state index contributed by atoms with van der Waals surface area (Å²) in [4.78, 5) is 4.20. The lowest BCUT2D eigenvalue weighted by molar-refractivity contribution is 0.171. The lowest BCUT2D eigenvalue weighted by atomic mass is 9.65. The first-order valence-corrected chi connectivity index (χ1v) is 7.53. The highest BCUT2D eigenvalue weighted by atomic mass is 15.4. The number of rotatable bonds is 3. The average molecular weight is 291 g/mol. The first-order chi connectivity index (χ1) is 10.6. The van der Waals surface area contributed by atoms with E-state index in [9.17, 15) is 0 Å². The van der Waals surface area contributed by atoms with E-state index >= 15 is 0 Å². The summed E-state index contributed by atoms with van der Waals surface area (Å²) in [6.07, 6.45) is 3.41. The van der Waals surface area contributed by atoms with E-state index in [1.165, 1.54) is 11.1 Å². The Morgan fingerprint density at radius 2 is 1.27 bits per heavy atom. The van der Waals surface area contributed by atoms with Gasteiger partial charge in [-0.05, 0) is 16.5 Å². The maximum atomic E-state index is 4.51. The van der Waals surface area contributed by atoms with Crippen LogP contribution in [0.1, 0.15) is 31.9 Å². The van der Waals surface area contributed by atoms with E-state index in [1.807, 2.05) is 23.1 Å². The second-order valence-electron chi connectivity index (χ2n) is 6.53. The predicted molar refractivity (Wildman–Crippen MR) is 88.5 cm³/mol. The quantitative estimate of drug-likeness (QED) is 0.727. The van der Waals surface area contributed by atoms with E-state index in [0.717, 1.165) is 0 Å². The van der Waals surface area contributed by atoms with Crippen LogP contribution in [0.15, 0.2) is 73.3 Å². The summed E-state index contributed by atoms with van der Waals surface area (Å²) < 4.78 is 1.98. The van der Waals surface area contributed by atoms with Crippen molar-refractivity contribution in [3.8, 4) is 0 Å². The highest BCUT2D eigenvalue weighted by Crippen LogP contribution is 2.47. The maximum Gasteiger partial charge on any atom is 0.137 e. The third-order valence-corrected chi connectivity index (χ3v) is 4.23. The van der Waals surface area contributed by atoms with Gasteiger partial charge in [-0.25, -0.2) is 9.67 Å². The zero-order chi connectivity index (χ0) is 15.6. The summed E-state index contributed by atoms with van der Waals surface area (Å²) in [5.41, 5.74) is 1.91.